The smallest absolute Gasteiger partial charge is 0.493 e. The second kappa shape index (κ2) is 7.07. The molecule has 1 fully saturated rings. The Bertz CT molecular complexity index is 805. The molecule has 1 aliphatic rings. The monoisotopic (exact) mass is 386 g/mol. The molecule has 2 atom stereocenters. The van der Waals surface area contributed by atoms with Crippen molar-refractivity contribution in [1.29, 1.82) is 0 Å². The third-order valence-corrected chi connectivity index (χ3v) is 4.21. The molecule has 0 aliphatic heterocycles. The number of rotatable bonds is 6. The van der Waals surface area contributed by atoms with E-state index in [2.05, 4.69) is 4.74 Å². The zero-order chi connectivity index (χ0) is 18.9. The fraction of sp³-hybridized carbons (Fsp3) is 0.278. The summed E-state index contributed by atoms with van der Waals surface area (Å²) in [5.41, 5.74) is 1.11. The highest BCUT2D eigenvalue weighted by molar-refractivity contribution is 6.31. The third kappa shape index (κ3) is 4.82. The molecule has 0 radical (unpaired) electrons. The van der Waals surface area contributed by atoms with Gasteiger partial charge in [-0.15, -0.1) is 13.2 Å². The summed E-state index contributed by atoms with van der Waals surface area (Å²) >= 11 is 5.87. The molecule has 1 saturated carbocycles. The number of halogens is 4. The second-order valence-electron chi connectivity index (χ2n) is 6.00. The summed E-state index contributed by atoms with van der Waals surface area (Å²) in [5, 5.41) is 8.97. The zero-order valence-corrected chi connectivity index (χ0v) is 14.1. The van der Waals surface area contributed by atoms with Gasteiger partial charge in [0, 0.05) is 10.9 Å². The van der Waals surface area contributed by atoms with Crippen molar-refractivity contribution < 1.29 is 32.5 Å². The first kappa shape index (κ1) is 18.4. The van der Waals surface area contributed by atoms with Crippen LogP contribution in [-0.4, -0.2) is 24.0 Å². The number of benzene rings is 2. The number of aliphatic carboxylic acids is 1. The number of carbonyl (C=O) groups is 1. The molecule has 2 aromatic carbocycles. The number of hydrogen-bond donors (Lipinski definition) is 1. The van der Waals surface area contributed by atoms with E-state index in [4.69, 9.17) is 21.4 Å². The van der Waals surface area contributed by atoms with Gasteiger partial charge in [-0.05, 0) is 47.9 Å². The van der Waals surface area contributed by atoms with Crippen LogP contribution in [-0.2, 0) is 4.79 Å². The molecular weight excluding hydrogens is 373 g/mol. The van der Waals surface area contributed by atoms with Gasteiger partial charge in [-0.1, -0.05) is 23.7 Å². The van der Waals surface area contributed by atoms with E-state index in [9.17, 15) is 18.0 Å². The topological polar surface area (TPSA) is 55.8 Å². The molecule has 1 aliphatic carbocycles. The van der Waals surface area contributed by atoms with Gasteiger partial charge in [0.1, 0.15) is 11.5 Å². The van der Waals surface area contributed by atoms with E-state index in [0.717, 1.165) is 6.07 Å². The van der Waals surface area contributed by atoms with E-state index in [0.29, 0.717) is 29.9 Å². The highest BCUT2D eigenvalue weighted by Crippen LogP contribution is 2.39. The van der Waals surface area contributed by atoms with Crippen LogP contribution in [0.15, 0.2) is 42.5 Å². The number of hydrogen-bond acceptors (Lipinski definition) is 3. The second-order valence-corrected chi connectivity index (χ2v) is 6.44. The van der Waals surface area contributed by atoms with E-state index >= 15 is 0 Å². The van der Waals surface area contributed by atoms with Crippen molar-refractivity contribution >= 4 is 17.6 Å². The van der Waals surface area contributed by atoms with Crippen LogP contribution < -0.4 is 9.47 Å². The van der Waals surface area contributed by atoms with Crippen LogP contribution in [0.25, 0.3) is 11.1 Å². The fourth-order valence-corrected chi connectivity index (χ4v) is 2.83. The summed E-state index contributed by atoms with van der Waals surface area (Å²) in [4.78, 5) is 10.8. The first-order chi connectivity index (χ1) is 12.2. The van der Waals surface area contributed by atoms with Gasteiger partial charge in [0.25, 0.3) is 0 Å². The predicted molar refractivity (Wildman–Crippen MR) is 88.3 cm³/mol. The van der Waals surface area contributed by atoms with E-state index in [-0.39, 0.29) is 16.9 Å². The Balaban J connectivity index is 1.67. The van der Waals surface area contributed by atoms with Crippen LogP contribution in [0.4, 0.5) is 13.2 Å². The number of ether oxygens (including phenoxy) is 2. The lowest BCUT2D eigenvalue weighted by atomic mass is 10.1. The van der Waals surface area contributed by atoms with Gasteiger partial charge in [-0.25, -0.2) is 0 Å². The molecule has 1 N–H and O–H groups in total. The lowest BCUT2D eigenvalue weighted by molar-refractivity contribution is -0.274. The maximum atomic E-state index is 12.4. The normalized spacial score (nSPS) is 19.1. The van der Waals surface area contributed by atoms with Crippen molar-refractivity contribution in [2.75, 3.05) is 6.61 Å². The Morgan fingerprint density at radius 1 is 1.12 bits per heavy atom. The van der Waals surface area contributed by atoms with Crippen molar-refractivity contribution in [3.05, 3.63) is 47.5 Å². The van der Waals surface area contributed by atoms with Gasteiger partial charge in [-0.3, -0.25) is 4.79 Å². The molecule has 0 heterocycles. The zero-order valence-electron chi connectivity index (χ0n) is 13.3. The summed E-state index contributed by atoms with van der Waals surface area (Å²) in [6.45, 7) is 0.317. The van der Waals surface area contributed by atoms with Crippen molar-refractivity contribution in [1.82, 2.24) is 0 Å². The average Bonchev–Trinajstić information content (AvgIpc) is 3.31. The Morgan fingerprint density at radius 3 is 2.38 bits per heavy atom. The van der Waals surface area contributed by atoms with Gasteiger partial charge >= 0.3 is 12.3 Å². The van der Waals surface area contributed by atoms with Crippen LogP contribution in [0.5, 0.6) is 11.5 Å². The van der Waals surface area contributed by atoms with Gasteiger partial charge in [-0.2, -0.15) is 0 Å². The van der Waals surface area contributed by atoms with Crippen LogP contribution in [0.3, 0.4) is 0 Å². The molecule has 0 spiro atoms. The summed E-state index contributed by atoms with van der Waals surface area (Å²) in [7, 11) is 0. The maximum absolute atomic E-state index is 12.4. The SMILES string of the molecule is O=C(O)C1CC1COc1ccc(-c2cc(Cl)cc(OC(F)(F)F)c2)cc1. The van der Waals surface area contributed by atoms with E-state index in [1.165, 1.54) is 12.1 Å². The Kier molecular flexibility index (Phi) is 5.00. The van der Waals surface area contributed by atoms with Crippen molar-refractivity contribution in [3.8, 4) is 22.6 Å². The fourth-order valence-electron chi connectivity index (χ4n) is 2.60. The minimum absolute atomic E-state index is 0.0159. The standard InChI is InChI=1S/C18H14ClF3O4/c19-13-5-11(6-15(8-13)26-18(20,21)22)10-1-3-14(4-2-10)25-9-12-7-16(12)17(23)24/h1-6,8,12,16H,7,9H2,(H,23,24). The third-order valence-electron chi connectivity index (χ3n) is 4.00. The molecule has 2 unspecified atom stereocenters. The largest absolute Gasteiger partial charge is 0.573 e. The van der Waals surface area contributed by atoms with Crippen LogP contribution in [0.2, 0.25) is 5.02 Å². The van der Waals surface area contributed by atoms with Crippen molar-refractivity contribution in [2.24, 2.45) is 11.8 Å². The number of carboxylic acid groups (broad SMARTS) is 1. The summed E-state index contributed by atoms with van der Waals surface area (Å²) < 4.78 is 46.6. The van der Waals surface area contributed by atoms with Crippen molar-refractivity contribution in [3.63, 3.8) is 0 Å². The number of alkyl halides is 3. The molecule has 3 rings (SSSR count). The average molecular weight is 387 g/mol. The van der Waals surface area contributed by atoms with Gasteiger partial charge in [0.2, 0.25) is 0 Å². The molecule has 8 heteroatoms. The summed E-state index contributed by atoms with van der Waals surface area (Å²) in [6.07, 6.45) is -4.19. The van der Waals surface area contributed by atoms with Gasteiger partial charge in [0.05, 0.1) is 12.5 Å². The number of carboxylic acids is 1. The molecule has 0 aromatic heterocycles. The first-order valence-corrected chi connectivity index (χ1v) is 8.11. The maximum Gasteiger partial charge on any atom is 0.573 e. The molecule has 26 heavy (non-hydrogen) atoms. The first-order valence-electron chi connectivity index (χ1n) is 7.73. The highest BCUT2D eigenvalue weighted by Gasteiger charge is 2.43. The molecule has 0 bridgehead atoms. The molecule has 138 valence electrons. The Labute approximate surface area is 152 Å². The molecule has 0 saturated heterocycles. The molecule has 2 aromatic rings. The Hall–Kier alpha value is -2.41. The highest BCUT2D eigenvalue weighted by atomic mass is 35.5. The summed E-state index contributed by atoms with van der Waals surface area (Å²) in [5.74, 6) is -0.978. The van der Waals surface area contributed by atoms with Crippen LogP contribution >= 0.6 is 11.6 Å². The van der Waals surface area contributed by atoms with E-state index in [1.807, 2.05) is 0 Å². The molecule has 4 nitrogen and oxygen atoms in total. The quantitative estimate of drug-likeness (QED) is 0.758. The summed E-state index contributed by atoms with van der Waals surface area (Å²) in [6, 6.07) is 10.6. The van der Waals surface area contributed by atoms with Crippen LogP contribution in [0.1, 0.15) is 6.42 Å². The lowest BCUT2D eigenvalue weighted by Crippen LogP contribution is -2.17. The van der Waals surface area contributed by atoms with E-state index < -0.39 is 18.1 Å². The van der Waals surface area contributed by atoms with Gasteiger partial charge < -0.3 is 14.6 Å². The lowest BCUT2D eigenvalue weighted by Gasteiger charge is -2.11. The minimum Gasteiger partial charge on any atom is -0.493 e. The molecular formula is C18H14ClF3O4. The van der Waals surface area contributed by atoms with E-state index in [1.54, 1.807) is 24.3 Å². The Morgan fingerprint density at radius 2 is 1.81 bits per heavy atom. The predicted octanol–water partition coefficient (Wildman–Crippen LogP) is 5.01. The van der Waals surface area contributed by atoms with Gasteiger partial charge in [0.15, 0.2) is 0 Å². The van der Waals surface area contributed by atoms with Crippen molar-refractivity contribution in [2.45, 2.75) is 12.8 Å². The molecule has 0 amide bonds. The minimum atomic E-state index is -4.80. The van der Waals surface area contributed by atoms with Crippen LogP contribution in [0, 0.1) is 11.8 Å².